The molecule has 1 aromatic carbocycles. The first kappa shape index (κ1) is 12.9. The van der Waals surface area contributed by atoms with Gasteiger partial charge in [0.05, 0.1) is 5.56 Å². The third-order valence-electron chi connectivity index (χ3n) is 2.98. The van der Waals surface area contributed by atoms with E-state index >= 15 is 0 Å². The lowest BCUT2D eigenvalue weighted by atomic mass is 10.2. The van der Waals surface area contributed by atoms with Gasteiger partial charge in [-0.05, 0) is 53.2 Å². The van der Waals surface area contributed by atoms with E-state index in [1.807, 2.05) is 0 Å². The van der Waals surface area contributed by atoms with E-state index in [1.165, 1.54) is 12.1 Å². The number of halogens is 2. The summed E-state index contributed by atoms with van der Waals surface area (Å²) in [5.74, 6) is -0.624. The zero-order valence-corrected chi connectivity index (χ0v) is 11.8. The van der Waals surface area contributed by atoms with Crippen molar-refractivity contribution in [3.63, 3.8) is 0 Å². The molecule has 1 aromatic rings. The quantitative estimate of drug-likeness (QED) is 0.923. The van der Waals surface area contributed by atoms with Gasteiger partial charge in [-0.15, -0.1) is 0 Å². The second-order valence-electron chi connectivity index (χ2n) is 4.19. The van der Waals surface area contributed by atoms with Gasteiger partial charge in [0, 0.05) is 15.8 Å². The Labute approximate surface area is 112 Å². The van der Waals surface area contributed by atoms with E-state index in [9.17, 15) is 9.18 Å². The molecule has 0 spiro atoms. The second kappa shape index (κ2) is 4.98. The van der Waals surface area contributed by atoms with Crippen LogP contribution < -0.4 is 5.32 Å². The molecule has 92 valence electrons. The van der Waals surface area contributed by atoms with Gasteiger partial charge in [-0.3, -0.25) is 4.79 Å². The standard InChI is InChI=1S/C12H13BrFNOS/c1-17-12(4-5-12)7-15-11(16)9-6-8(14)2-3-10(9)13/h2-3,6H,4-5,7H2,1H3,(H,15,16). The average Bonchev–Trinajstić information content (AvgIpc) is 3.10. The lowest BCUT2D eigenvalue weighted by molar-refractivity contribution is 0.0952. The fraction of sp³-hybridized carbons (Fsp3) is 0.417. The summed E-state index contributed by atoms with van der Waals surface area (Å²) in [6, 6.07) is 4.12. The van der Waals surface area contributed by atoms with Crippen LogP contribution in [-0.2, 0) is 0 Å². The molecule has 0 unspecified atom stereocenters. The normalized spacial score (nSPS) is 16.6. The molecule has 0 heterocycles. The largest absolute Gasteiger partial charge is 0.351 e. The molecule has 5 heteroatoms. The van der Waals surface area contributed by atoms with Crippen LogP contribution in [-0.4, -0.2) is 23.5 Å². The Morgan fingerprint density at radius 3 is 2.88 bits per heavy atom. The van der Waals surface area contributed by atoms with Crippen molar-refractivity contribution in [2.24, 2.45) is 0 Å². The number of nitrogens with one attached hydrogen (secondary N) is 1. The first-order valence-corrected chi connectivity index (χ1v) is 7.36. The van der Waals surface area contributed by atoms with Crippen LogP contribution in [0.15, 0.2) is 22.7 Å². The highest BCUT2D eigenvalue weighted by Gasteiger charge is 2.42. The highest BCUT2D eigenvalue weighted by Crippen LogP contribution is 2.46. The van der Waals surface area contributed by atoms with Crippen molar-refractivity contribution in [1.29, 1.82) is 0 Å². The van der Waals surface area contributed by atoms with Gasteiger partial charge in [-0.2, -0.15) is 11.8 Å². The summed E-state index contributed by atoms with van der Waals surface area (Å²) in [4.78, 5) is 11.9. The fourth-order valence-corrected chi connectivity index (χ4v) is 2.75. The molecule has 2 nitrogen and oxygen atoms in total. The van der Waals surface area contributed by atoms with Gasteiger partial charge in [0.15, 0.2) is 0 Å². The average molecular weight is 318 g/mol. The number of benzene rings is 1. The van der Waals surface area contributed by atoms with Gasteiger partial charge in [-0.1, -0.05) is 0 Å². The maximum atomic E-state index is 13.1. The van der Waals surface area contributed by atoms with Crippen LogP contribution >= 0.6 is 27.7 Å². The molecule has 17 heavy (non-hydrogen) atoms. The highest BCUT2D eigenvalue weighted by molar-refractivity contribution is 9.10. The van der Waals surface area contributed by atoms with Crippen molar-refractivity contribution in [3.05, 3.63) is 34.1 Å². The molecule has 2 rings (SSSR count). The molecular formula is C12H13BrFNOS. The van der Waals surface area contributed by atoms with Crippen molar-refractivity contribution in [1.82, 2.24) is 5.32 Å². The van der Waals surface area contributed by atoms with Crippen LogP contribution in [0, 0.1) is 5.82 Å². The zero-order chi connectivity index (χ0) is 12.5. The molecule has 0 atom stereocenters. The minimum absolute atomic E-state index is 0.218. The van der Waals surface area contributed by atoms with Crippen LogP contribution in [0.5, 0.6) is 0 Å². The SMILES string of the molecule is CSC1(CNC(=O)c2cc(F)ccc2Br)CC1. The molecule has 0 saturated heterocycles. The highest BCUT2D eigenvalue weighted by atomic mass is 79.9. The molecule has 0 aliphatic heterocycles. The summed E-state index contributed by atoms with van der Waals surface area (Å²) in [5, 5.41) is 2.86. The monoisotopic (exact) mass is 317 g/mol. The smallest absolute Gasteiger partial charge is 0.252 e. The molecule has 0 radical (unpaired) electrons. The van der Waals surface area contributed by atoms with Crippen LogP contribution in [0.3, 0.4) is 0 Å². The summed E-state index contributed by atoms with van der Waals surface area (Å²) in [7, 11) is 0. The first-order valence-electron chi connectivity index (χ1n) is 5.35. The van der Waals surface area contributed by atoms with Gasteiger partial charge in [0.2, 0.25) is 0 Å². The number of amides is 1. The molecule has 1 amide bonds. The van der Waals surface area contributed by atoms with Gasteiger partial charge in [-0.25, -0.2) is 4.39 Å². The fourth-order valence-electron chi connectivity index (χ4n) is 1.60. The predicted octanol–water partition coefficient (Wildman–Crippen LogP) is 3.21. The first-order chi connectivity index (χ1) is 8.06. The van der Waals surface area contributed by atoms with Crippen molar-refractivity contribution < 1.29 is 9.18 Å². The van der Waals surface area contributed by atoms with Crippen LogP contribution in [0.4, 0.5) is 4.39 Å². The summed E-state index contributed by atoms with van der Waals surface area (Å²) < 4.78 is 13.9. The van der Waals surface area contributed by atoms with Gasteiger partial charge >= 0.3 is 0 Å². The molecule has 1 N–H and O–H groups in total. The number of hydrogen-bond acceptors (Lipinski definition) is 2. The summed E-state index contributed by atoms with van der Waals surface area (Å²) in [6.07, 6.45) is 4.33. The number of thioether (sulfide) groups is 1. The third-order valence-corrected chi connectivity index (χ3v) is 5.09. The molecule has 1 aliphatic carbocycles. The van der Waals surface area contributed by atoms with Gasteiger partial charge in [0.25, 0.3) is 5.91 Å². The molecule has 1 fully saturated rings. The number of hydrogen-bond donors (Lipinski definition) is 1. The molecule has 1 saturated carbocycles. The van der Waals surface area contributed by atoms with Crippen molar-refractivity contribution in [3.8, 4) is 0 Å². The van der Waals surface area contributed by atoms with E-state index in [2.05, 4.69) is 27.5 Å². The predicted molar refractivity (Wildman–Crippen MR) is 71.9 cm³/mol. The zero-order valence-electron chi connectivity index (χ0n) is 9.43. The van der Waals surface area contributed by atoms with Crippen LogP contribution in [0.2, 0.25) is 0 Å². The van der Waals surface area contributed by atoms with Crippen LogP contribution in [0.25, 0.3) is 0 Å². The Balaban J connectivity index is 2.02. The molecule has 1 aliphatic rings. The van der Waals surface area contributed by atoms with E-state index < -0.39 is 5.82 Å². The van der Waals surface area contributed by atoms with Gasteiger partial charge in [0.1, 0.15) is 5.82 Å². The van der Waals surface area contributed by atoms with E-state index in [4.69, 9.17) is 0 Å². The van der Waals surface area contributed by atoms with Crippen LogP contribution in [0.1, 0.15) is 23.2 Å². The van der Waals surface area contributed by atoms with Crippen molar-refractivity contribution >= 4 is 33.6 Å². The summed E-state index contributed by atoms with van der Waals surface area (Å²) in [6.45, 7) is 0.649. The molecule has 0 bridgehead atoms. The maximum Gasteiger partial charge on any atom is 0.252 e. The molecular weight excluding hydrogens is 305 g/mol. The Morgan fingerprint density at radius 1 is 1.59 bits per heavy atom. The van der Waals surface area contributed by atoms with E-state index in [1.54, 1.807) is 17.8 Å². The number of carbonyl (C=O) groups excluding carboxylic acids is 1. The number of rotatable bonds is 4. The topological polar surface area (TPSA) is 29.1 Å². The van der Waals surface area contributed by atoms with E-state index in [-0.39, 0.29) is 10.7 Å². The number of carbonyl (C=O) groups is 1. The lowest BCUT2D eigenvalue weighted by Gasteiger charge is -2.13. The van der Waals surface area contributed by atoms with E-state index in [0.29, 0.717) is 16.6 Å². The van der Waals surface area contributed by atoms with Gasteiger partial charge < -0.3 is 5.32 Å². The van der Waals surface area contributed by atoms with Crippen molar-refractivity contribution in [2.45, 2.75) is 17.6 Å². The Morgan fingerprint density at radius 2 is 2.29 bits per heavy atom. The Bertz CT molecular complexity index is 448. The van der Waals surface area contributed by atoms with Crippen molar-refractivity contribution in [2.75, 3.05) is 12.8 Å². The summed E-state index contributed by atoms with van der Waals surface area (Å²) in [5.41, 5.74) is 0.349. The Hall–Kier alpha value is -0.550. The molecule has 0 aromatic heterocycles. The minimum atomic E-state index is -0.399. The maximum absolute atomic E-state index is 13.1. The van der Waals surface area contributed by atoms with E-state index in [0.717, 1.165) is 12.8 Å². The second-order valence-corrected chi connectivity index (χ2v) is 6.32. The third kappa shape index (κ3) is 3.01. The lowest BCUT2D eigenvalue weighted by Crippen LogP contribution is -2.31. The summed E-state index contributed by atoms with van der Waals surface area (Å²) >= 11 is 5.03. The Kier molecular flexibility index (Phi) is 3.78. The minimum Gasteiger partial charge on any atom is -0.351 e.